The monoisotopic (exact) mass is 269 g/mol. The van der Waals surface area contributed by atoms with E-state index in [4.69, 9.17) is 0 Å². The minimum atomic E-state index is 0.378. The van der Waals surface area contributed by atoms with Crippen LogP contribution >= 0.6 is 0 Å². The van der Waals surface area contributed by atoms with Crippen LogP contribution in [0.5, 0.6) is 0 Å². The smallest absolute Gasteiger partial charge is 0.0991 e. The van der Waals surface area contributed by atoms with Gasteiger partial charge in [-0.2, -0.15) is 0 Å². The van der Waals surface area contributed by atoms with Gasteiger partial charge in [-0.15, -0.1) is 0 Å². The normalized spacial score (nSPS) is 21.6. The molecule has 0 aliphatic heterocycles. The molecule has 0 bridgehead atoms. The number of imidazole rings is 1. The maximum atomic E-state index is 4.11. The molecule has 1 aliphatic carbocycles. The predicted molar refractivity (Wildman–Crippen MR) is 83.2 cm³/mol. The first-order valence-electron chi connectivity index (χ1n) is 7.50. The Morgan fingerprint density at radius 1 is 1.30 bits per heavy atom. The average Bonchev–Trinajstić information content (AvgIpc) is 2.96. The number of rotatable bonds is 3. The summed E-state index contributed by atoms with van der Waals surface area (Å²) in [4.78, 5) is 4.11. The molecule has 1 N–H and O–H groups in total. The van der Waals surface area contributed by atoms with Crippen molar-refractivity contribution in [2.75, 3.05) is 5.32 Å². The van der Waals surface area contributed by atoms with Crippen molar-refractivity contribution in [2.45, 2.75) is 45.6 Å². The van der Waals surface area contributed by atoms with E-state index in [0.717, 1.165) is 5.69 Å². The quantitative estimate of drug-likeness (QED) is 0.902. The third-order valence-electron chi connectivity index (χ3n) is 4.50. The molecule has 1 heterocycles. The van der Waals surface area contributed by atoms with Crippen molar-refractivity contribution >= 4 is 5.69 Å². The molecule has 1 atom stereocenters. The topological polar surface area (TPSA) is 29.9 Å². The van der Waals surface area contributed by atoms with E-state index in [1.165, 1.54) is 31.4 Å². The Bertz CT molecular complexity index is 557. The molecule has 1 fully saturated rings. The first-order chi connectivity index (χ1) is 9.65. The van der Waals surface area contributed by atoms with E-state index < -0.39 is 0 Å². The molecule has 20 heavy (non-hydrogen) atoms. The zero-order valence-corrected chi connectivity index (χ0v) is 12.3. The number of benzene rings is 1. The van der Waals surface area contributed by atoms with E-state index in [1.54, 1.807) is 0 Å². The van der Waals surface area contributed by atoms with Gasteiger partial charge in [-0.3, -0.25) is 0 Å². The van der Waals surface area contributed by atoms with Gasteiger partial charge in [0.1, 0.15) is 0 Å². The first kappa shape index (κ1) is 13.2. The maximum absolute atomic E-state index is 4.11. The predicted octanol–water partition coefficient (Wildman–Crippen LogP) is 4.25. The summed E-state index contributed by atoms with van der Waals surface area (Å²) in [7, 11) is 0. The van der Waals surface area contributed by atoms with Gasteiger partial charge in [0.15, 0.2) is 0 Å². The second-order valence-corrected chi connectivity index (χ2v) is 6.45. The Morgan fingerprint density at radius 2 is 2.20 bits per heavy atom. The number of anilines is 1. The van der Waals surface area contributed by atoms with Gasteiger partial charge in [0.2, 0.25) is 0 Å². The highest BCUT2D eigenvalue weighted by Gasteiger charge is 2.31. The number of aromatic nitrogens is 2. The van der Waals surface area contributed by atoms with Crippen LogP contribution in [0.1, 0.15) is 39.5 Å². The summed E-state index contributed by atoms with van der Waals surface area (Å²) in [6.45, 7) is 4.76. The molecule has 1 aliphatic rings. The van der Waals surface area contributed by atoms with Crippen LogP contribution in [-0.4, -0.2) is 15.6 Å². The highest BCUT2D eigenvalue weighted by Crippen LogP contribution is 2.37. The van der Waals surface area contributed by atoms with Crippen molar-refractivity contribution in [3.63, 3.8) is 0 Å². The lowest BCUT2D eigenvalue weighted by Gasteiger charge is -2.39. The summed E-state index contributed by atoms with van der Waals surface area (Å²) in [6.07, 6.45) is 10.9. The molecule has 3 rings (SSSR count). The van der Waals surface area contributed by atoms with Gasteiger partial charge >= 0.3 is 0 Å². The van der Waals surface area contributed by atoms with Crippen molar-refractivity contribution in [3.8, 4) is 5.69 Å². The summed E-state index contributed by atoms with van der Waals surface area (Å²) < 4.78 is 2.04. The Kier molecular flexibility index (Phi) is 3.51. The van der Waals surface area contributed by atoms with E-state index in [-0.39, 0.29) is 0 Å². The average molecular weight is 269 g/mol. The van der Waals surface area contributed by atoms with Gasteiger partial charge in [0.05, 0.1) is 6.33 Å². The molecule has 0 amide bonds. The van der Waals surface area contributed by atoms with Crippen LogP contribution in [0, 0.1) is 5.41 Å². The Balaban J connectivity index is 1.79. The van der Waals surface area contributed by atoms with Crippen LogP contribution in [-0.2, 0) is 0 Å². The SMILES string of the molecule is CC1(C)CCCCC1Nc1cccc(-n2ccnc2)c1. The van der Waals surface area contributed by atoms with E-state index in [1.807, 2.05) is 23.3 Å². The van der Waals surface area contributed by atoms with E-state index in [2.05, 4.69) is 48.4 Å². The van der Waals surface area contributed by atoms with Crippen LogP contribution in [0.15, 0.2) is 43.0 Å². The zero-order valence-electron chi connectivity index (χ0n) is 12.3. The lowest BCUT2D eigenvalue weighted by atomic mass is 9.73. The third kappa shape index (κ3) is 2.72. The van der Waals surface area contributed by atoms with Crippen molar-refractivity contribution in [3.05, 3.63) is 43.0 Å². The van der Waals surface area contributed by atoms with Gasteiger partial charge in [-0.05, 0) is 36.5 Å². The Hall–Kier alpha value is -1.77. The second kappa shape index (κ2) is 5.31. The molecule has 0 radical (unpaired) electrons. The van der Waals surface area contributed by atoms with Crippen molar-refractivity contribution < 1.29 is 0 Å². The van der Waals surface area contributed by atoms with E-state index in [0.29, 0.717) is 11.5 Å². The van der Waals surface area contributed by atoms with Gasteiger partial charge in [0, 0.05) is 29.8 Å². The molecular weight excluding hydrogens is 246 g/mol. The molecule has 106 valence electrons. The van der Waals surface area contributed by atoms with Crippen LogP contribution in [0.25, 0.3) is 5.69 Å². The molecule has 1 saturated carbocycles. The number of hydrogen-bond acceptors (Lipinski definition) is 2. The summed E-state index contributed by atoms with van der Waals surface area (Å²) in [5.74, 6) is 0. The van der Waals surface area contributed by atoms with Crippen LogP contribution in [0.4, 0.5) is 5.69 Å². The highest BCUT2D eigenvalue weighted by molar-refractivity contribution is 5.52. The van der Waals surface area contributed by atoms with Crippen LogP contribution in [0.3, 0.4) is 0 Å². The fraction of sp³-hybridized carbons (Fsp3) is 0.471. The summed E-state index contributed by atoms with van der Waals surface area (Å²) in [5, 5.41) is 3.74. The molecule has 3 nitrogen and oxygen atoms in total. The van der Waals surface area contributed by atoms with Crippen molar-refractivity contribution in [1.29, 1.82) is 0 Å². The van der Waals surface area contributed by atoms with Crippen molar-refractivity contribution in [1.82, 2.24) is 9.55 Å². The van der Waals surface area contributed by atoms with E-state index >= 15 is 0 Å². The summed E-state index contributed by atoms with van der Waals surface area (Å²) in [6, 6.07) is 9.14. The molecule has 1 aromatic heterocycles. The molecule has 0 spiro atoms. The third-order valence-corrected chi connectivity index (χ3v) is 4.50. The Labute approximate surface area is 121 Å². The minimum Gasteiger partial charge on any atom is -0.382 e. The molecule has 2 aromatic rings. The lowest BCUT2D eigenvalue weighted by Crippen LogP contribution is -2.38. The lowest BCUT2D eigenvalue weighted by molar-refractivity contribution is 0.217. The summed E-state index contributed by atoms with van der Waals surface area (Å²) >= 11 is 0. The summed E-state index contributed by atoms with van der Waals surface area (Å²) in [5.41, 5.74) is 2.74. The molecule has 1 aromatic carbocycles. The maximum Gasteiger partial charge on any atom is 0.0991 e. The standard InChI is InChI=1S/C17H23N3/c1-17(2)9-4-3-8-16(17)19-14-6-5-7-15(12-14)20-11-10-18-13-20/h5-7,10-13,16,19H,3-4,8-9H2,1-2H3. The fourth-order valence-electron chi connectivity index (χ4n) is 3.13. The highest BCUT2D eigenvalue weighted by atomic mass is 15.0. The number of nitrogens with one attached hydrogen (secondary N) is 1. The van der Waals surface area contributed by atoms with Crippen LogP contribution < -0.4 is 5.32 Å². The second-order valence-electron chi connectivity index (χ2n) is 6.45. The first-order valence-corrected chi connectivity index (χ1v) is 7.50. The van der Waals surface area contributed by atoms with Gasteiger partial charge in [0.25, 0.3) is 0 Å². The van der Waals surface area contributed by atoms with E-state index in [9.17, 15) is 0 Å². The van der Waals surface area contributed by atoms with Crippen molar-refractivity contribution in [2.24, 2.45) is 5.41 Å². The largest absolute Gasteiger partial charge is 0.382 e. The van der Waals surface area contributed by atoms with Gasteiger partial charge in [-0.1, -0.05) is 32.8 Å². The van der Waals surface area contributed by atoms with Gasteiger partial charge in [-0.25, -0.2) is 4.98 Å². The number of nitrogens with zero attached hydrogens (tertiary/aromatic N) is 2. The minimum absolute atomic E-state index is 0.378. The fourth-order valence-corrected chi connectivity index (χ4v) is 3.13. The Morgan fingerprint density at radius 3 is 2.95 bits per heavy atom. The molecular formula is C17H23N3. The number of hydrogen-bond donors (Lipinski definition) is 1. The van der Waals surface area contributed by atoms with Crippen LogP contribution in [0.2, 0.25) is 0 Å². The zero-order chi connectivity index (χ0) is 14.0. The molecule has 3 heteroatoms. The molecule has 1 unspecified atom stereocenters. The molecule has 0 saturated heterocycles. The van der Waals surface area contributed by atoms with Gasteiger partial charge < -0.3 is 9.88 Å².